The van der Waals surface area contributed by atoms with Gasteiger partial charge in [-0.3, -0.25) is 4.79 Å². The predicted molar refractivity (Wildman–Crippen MR) is 62.7 cm³/mol. The maximum absolute atomic E-state index is 10.7. The van der Waals surface area contributed by atoms with E-state index in [0.717, 1.165) is 12.8 Å². The molecule has 0 aliphatic rings. The first-order valence-corrected chi connectivity index (χ1v) is 5.76. The van der Waals surface area contributed by atoms with Crippen LogP contribution in [0.25, 0.3) is 0 Å². The van der Waals surface area contributed by atoms with Crippen LogP contribution >= 0.6 is 0 Å². The summed E-state index contributed by atoms with van der Waals surface area (Å²) in [7, 11) is 0. The van der Waals surface area contributed by atoms with Crippen molar-refractivity contribution in [1.29, 1.82) is 0 Å². The third-order valence-electron chi connectivity index (χ3n) is 3.50. The largest absolute Gasteiger partial charge is 0.481 e. The van der Waals surface area contributed by atoms with Gasteiger partial charge in [0.25, 0.3) is 0 Å². The van der Waals surface area contributed by atoms with E-state index in [-0.39, 0.29) is 11.8 Å². The highest BCUT2D eigenvalue weighted by Crippen LogP contribution is 2.32. The van der Waals surface area contributed by atoms with Crippen LogP contribution in [0.2, 0.25) is 0 Å². The minimum atomic E-state index is -0.751. The Morgan fingerprint density at radius 3 is 2.27 bits per heavy atom. The summed E-state index contributed by atoms with van der Waals surface area (Å²) < 4.78 is 0. The van der Waals surface area contributed by atoms with E-state index in [1.807, 2.05) is 6.92 Å². The monoisotopic (exact) mass is 215 g/mol. The number of carboxylic acids is 1. The van der Waals surface area contributed by atoms with Crippen LogP contribution in [-0.4, -0.2) is 17.6 Å². The Hall–Kier alpha value is -0.570. The van der Waals surface area contributed by atoms with E-state index >= 15 is 0 Å². The zero-order valence-electron chi connectivity index (χ0n) is 10.4. The van der Waals surface area contributed by atoms with Gasteiger partial charge in [0.15, 0.2) is 0 Å². The van der Waals surface area contributed by atoms with E-state index in [9.17, 15) is 4.79 Å². The van der Waals surface area contributed by atoms with Crippen LogP contribution < -0.4 is 5.73 Å². The Morgan fingerprint density at radius 1 is 1.40 bits per heavy atom. The highest BCUT2D eigenvalue weighted by molar-refractivity contribution is 5.67. The highest BCUT2D eigenvalue weighted by Gasteiger charge is 2.29. The predicted octanol–water partition coefficient (Wildman–Crippen LogP) is 2.50. The molecular formula is C12H25NO2. The molecule has 0 fully saturated rings. The molecule has 0 heterocycles. The SMILES string of the molecule is CC[C@H](C)[C@H](C)CC(C)(CN)CC(=O)O. The molecule has 3 nitrogen and oxygen atoms in total. The van der Waals surface area contributed by atoms with Crippen molar-refractivity contribution in [3.05, 3.63) is 0 Å². The number of nitrogens with two attached hydrogens (primary N) is 1. The molecule has 0 amide bonds. The molecule has 0 aromatic carbocycles. The summed E-state index contributed by atoms with van der Waals surface area (Å²) in [4.78, 5) is 10.7. The van der Waals surface area contributed by atoms with Crippen LogP contribution in [0.5, 0.6) is 0 Å². The van der Waals surface area contributed by atoms with Crippen molar-refractivity contribution >= 4 is 5.97 Å². The zero-order valence-corrected chi connectivity index (χ0v) is 10.4. The lowest BCUT2D eigenvalue weighted by molar-refractivity contribution is -0.139. The maximum atomic E-state index is 10.7. The fourth-order valence-electron chi connectivity index (χ4n) is 1.97. The fourth-order valence-corrected chi connectivity index (χ4v) is 1.97. The quantitative estimate of drug-likeness (QED) is 0.686. The molecule has 15 heavy (non-hydrogen) atoms. The van der Waals surface area contributed by atoms with E-state index in [1.54, 1.807) is 0 Å². The van der Waals surface area contributed by atoms with Crippen molar-refractivity contribution in [2.45, 2.75) is 47.0 Å². The van der Waals surface area contributed by atoms with Gasteiger partial charge >= 0.3 is 5.97 Å². The van der Waals surface area contributed by atoms with Crippen molar-refractivity contribution < 1.29 is 9.90 Å². The zero-order chi connectivity index (χ0) is 12.1. The van der Waals surface area contributed by atoms with Crippen LogP contribution in [0.15, 0.2) is 0 Å². The van der Waals surface area contributed by atoms with Gasteiger partial charge < -0.3 is 10.8 Å². The first kappa shape index (κ1) is 14.4. The lowest BCUT2D eigenvalue weighted by Crippen LogP contribution is -2.33. The van der Waals surface area contributed by atoms with E-state index in [1.165, 1.54) is 0 Å². The van der Waals surface area contributed by atoms with E-state index in [2.05, 4.69) is 20.8 Å². The average Bonchev–Trinajstić information content (AvgIpc) is 2.15. The van der Waals surface area contributed by atoms with Crippen molar-refractivity contribution in [2.75, 3.05) is 6.54 Å². The molecular weight excluding hydrogens is 190 g/mol. The Labute approximate surface area is 93.0 Å². The normalized spacial score (nSPS) is 19.3. The molecule has 1 unspecified atom stereocenters. The Bertz CT molecular complexity index is 206. The molecule has 3 heteroatoms. The molecule has 3 atom stereocenters. The Balaban J connectivity index is 4.35. The lowest BCUT2D eigenvalue weighted by atomic mass is 9.75. The number of aliphatic carboxylic acids is 1. The van der Waals surface area contributed by atoms with Gasteiger partial charge in [-0.05, 0) is 30.2 Å². The average molecular weight is 215 g/mol. The standard InChI is InChI=1S/C12H25NO2/c1-5-9(2)10(3)6-12(4,8-13)7-11(14)15/h9-10H,5-8,13H2,1-4H3,(H,14,15)/t9-,10+,12?/m0/s1. The van der Waals surface area contributed by atoms with Crippen LogP contribution in [-0.2, 0) is 4.79 Å². The van der Waals surface area contributed by atoms with Gasteiger partial charge in [0.05, 0.1) is 6.42 Å². The molecule has 0 spiro atoms. The molecule has 90 valence electrons. The number of hydrogen-bond acceptors (Lipinski definition) is 2. The van der Waals surface area contributed by atoms with Gasteiger partial charge in [-0.15, -0.1) is 0 Å². The topological polar surface area (TPSA) is 63.3 Å². The van der Waals surface area contributed by atoms with E-state index in [0.29, 0.717) is 18.4 Å². The fraction of sp³-hybridized carbons (Fsp3) is 0.917. The first-order valence-electron chi connectivity index (χ1n) is 5.76. The molecule has 0 rings (SSSR count). The summed E-state index contributed by atoms with van der Waals surface area (Å²) in [5, 5.41) is 8.83. The second-order valence-electron chi connectivity index (χ2n) is 5.15. The molecule has 0 saturated carbocycles. The van der Waals surface area contributed by atoms with Crippen LogP contribution in [0.4, 0.5) is 0 Å². The van der Waals surface area contributed by atoms with Crippen molar-refractivity contribution in [2.24, 2.45) is 23.0 Å². The van der Waals surface area contributed by atoms with Crippen molar-refractivity contribution in [3.8, 4) is 0 Å². The van der Waals surface area contributed by atoms with Crippen molar-refractivity contribution in [1.82, 2.24) is 0 Å². The summed E-state index contributed by atoms with van der Waals surface area (Å²) >= 11 is 0. The molecule has 0 bridgehead atoms. The van der Waals surface area contributed by atoms with Gasteiger partial charge in [-0.1, -0.05) is 34.1 Å². The summed E-state index contributed by atoms with van der Waals surface area (Å²) in [6.45, 7) is 8.98. The number of carboxylic acid groups (broad SMARTS) is 1. The second kappa shape index (κ2) is 6.11. The Morgan fingerprint density at radius 2 is 1.93 bits per heavy atom. The molecule has 0 aromatic rings. The van der Waals surface area contributed by atoms with Crippen molar-refractivity contribution in [3.63, 3.8) is 0 Å². The molecule has 0 radical (unpaired) electrons. The molecule has 0 aliphatic heterocycles. The van der Waals surface area contributed by atoms with Gasteiger partial charge in [0.1, 0.15) is 0 Å². The van der Waals surface area contributed by atoms with Crippen LogP contribution in [0, 0.1) is 17.3 Å². The third-order valence-corrected chi connectivity index (χ3v) is 3.50. The van der Waals surface area contributed by atoms with Gasteiger partial charge in [-0.25, -0.2) is 0 Å². The van der Waals surface area contributed by atoms with Crippen LogP contribution in [0.3, 0.4) is 0 Å². The summed E-state index contributed by atoms with van der Waals surface area (Å²) in [5.41, 5.74) is 5.43. The molecule has 0 aliphatic carbocycles. The summed E-state index contributed by atoms with van der Waals surface area (Å²) in [6.07, 6.45) is 2.20. The lowest BCUT2D eigenvalue weighted by Gasteiger charge is -2.31. The summed E-state index contributed by atoms with van der Waals surface area (Å²) in [5.74, 6) is 0.409. The van der Waals surface area contributed by atoms with Gasteiger partial charge in [0.2, 0.25) is 0 Å². The van der Waals surface area contributed by atoms with Gasteiger partial charge in [-0.2, -0.15) is 0 Å². The van der Waals surface area contributed by atoms with E-state index in [4.69, 9.17) is 10.8 Å². The minimum absolute atomic E-state index is 0.171. The maximum Gasteiger partial charge on any atom is 0.303 e. The van der Waals surface area contributed by atoms with E-state index < -0.39 is 5.97 Å². The highest BCUT2D eigenvalue weighted by atomic mass is 16.4. The summed E-state index contributed by atoms with van der Waals surface area (Å²) in [6, 6.07) is 0. The number of carbonyl (C=O) groups is 1. The second-order valence-corrected chi connectivity index (χ2v) is 5.15. The number of hydrogen-bond donors (Lipinski definition) is 2. The van der Waals surface area contributed by atoms with Crippen LogP contribution in [0.1, 0.15) is 47.0 Å². The third kappa shape index (κ3) is 5.17. The molecule has 0 saturated heterocycles. The first-order chi connectivity index (χ1) is 6.84. The number of rotatable bonds is 7. The smallest absolute Gasteiger partial charge is 0.303 e. The Kier molecular flexibility index (Phi) is 5.88. The minimum Gasteiger partial charge on any atom is -0.481 e. The molecule has 0 aromatic heterocycles. The van der Waals surface area contributed by atoms with Gasteiger partial charge in [0, 0.05) is 0 Å². The molecule has 3 N–H and O–H groups in total.